The molecule has 0 amide bonds. The summed E-state index contributed by atoms with van der Waals surface area (Å²) < 4.78 is 15.8. The van der Waals surface area contributed by atoms with Crippen LogP contribution >= 0.6 is 11.6 Å². The van der Waals surface area contributed by atoms with Gasteiger partial charge in [0.25, 0.3) is 0 Å². The number of fused-ring (bicyclic) bond motifs is 1. The summed E-state index contributed by atoms with van der Waals surface area (Å²) in [6, 6.07) is 10.6. The molecule has 0 spiro atoms. The molecule has 0 saturated carbocycles. The van der Waals surface area contributed by atoms with Crippen LogP contribution in [0, 0.1) is 11.3 Å². The number of rotatable bonds is 3. The number of alkyl halides is 1. The van der Waals surface area contributed by atoms with Gasteiger partial charge in [0, 0.05) is 19.3 Å². The number of piperidine rings is 1. The summed E-state index contributed by atoms with van der Waals surface area (Å²) in [4.78, 5) is 11.1. The van der Waals surface area contributed by atoms with Crippen molar-refractivity contribution >= 4 is 28.6 Å². The second kappa shape index (κ2) is 7.14. The van der Waals surface area contributed by atoms with Crippen molar-refractivity contribution in [2.24, 2.45) is 5.73 Å². The molecule has 0 radical (unpaired) electrons. The Morgan fingerprint density at radius 2 is 2.19 bits per heavy atom. The van der Waals surface area contributed by atoms with Gasteiger partial charge in [-0.2, -0.15) is 5.26 Å². The molecular weight excluding hydrogens is 367 g/mol. The van der Waals surface area contributed by atoms with Crippen molar-refractivity contribution in [1.82, 2.24) is 14.5 Å². The fourth-order valence-corrected chi connectivity index (χ4v) is 3.49. The quantitative estimate of drug-likeness (QED) is 0.750. The predicted molar refractivity (Wildman–Crippen MR) is 102 cm³/mol. The third-order valence-corrected chi connectivity index (χ3v) is 5.04. The Balaban J connectivity index is 1.78. The molecule has 1 saturated heterocycles. The zero-order valence-electron chi connectivity index (χ0n) is 14.5. The molecule has 3 aromatic rings. The number of nitrogens with two attached hydrogens (primary N) is 1. The zero-order chi connectivity index (χ0) is 19.0. The van der Waals surface area contributed by atoms with Gasteiger partial charge in [0.15, 0.2) is 0 Å². The molecule has 0 unspecified atom stereocenters. The average Bonchev–Trinajstić information content (AvgIpc) is 3.03. The summed E-state index contributed by atoms with van der Waals surface area (Å²) in [6.07, 6.45) is 0.975. The Hall–Kier alpha value is -2.69. The lowest BCUT2D eigenvalue weighted by Crippen LogP contribution is -2.50. The third kappa shape index (κ3) is 3.46. The Morgan fingerprint density at radius 1 is 1.33 bits per heavy atom. The Bertz CT molecular complexity index is 1010. The smallest absolute Gasteiger partial charge is 0.206 e. The van der Waals surface area contributed by atoms with Gasteiger partial charge in [-0.1, -0.05) is 11.6 Å². The number of imidazole rings is 1. The highest BCUT2D eigenvalue weighted by Gasteiger charge is 2.29. The Morgan fingerprint density at radius 3 is 2.89 bits per heavy atom. The van der Waals surface area contributed by atoms with Crippen LogP contribution in [-0.4, -0.2) is 39.8 Å². The van der Waals surface area contributed by atoms with Gasteiger partial charge in [0.2, 0.25) is 5.95 Å². The van der Waals surface area contributed by atoms with Gasteiger partial charge in [0.05, 0.1) is 46.0 Å². The van der Waals surface area contributed by atoms with E-state index in [0.717, 1.165) is 11.2 Å². The normalized spacial score (nSPS) is 20.0. The van der Waals surface area contributed by atoms with E-state index in [1.54, 1.807) is 24.4 Å². The van der Waals surface area contributed by atoms with Gasteiger partial charge in [-0.3, -0.25) is 4.98 Å². The highest BCUT2D eigenvalue weighted by atomic mass is 35.5. The summed E-state index contributed by atoms with van der Waals surface area (Å²) in [7, 11) is 0. The largest absolute Gasteiger partial charge is 0.340 e. The maximum Gasteiger partial charge on any atom is 0.206 e. The number of nitrogens with zero attached hydrogens (tertiary/aromatic N) is 5. The van der Waals surface area contributed by atoms with Crippen molar-refractivity contribution in [3.8, 4) is 6.07 Å². The van der Waals surface area contributed by atoms with E-state index >= 15 is 0 Å². The van der Waals surface area contributed by atoms with Crippen LogP contribution in [0.25, 0.3) is 11.0 Å². The molecule has 2 atom stereocenters. The van der Waals surface area contributed by atoms with Crippen LogP contribution in [0.2, 0.25) is 5.02 Å². The van der Waals surface area contributed by atoms with E-state index in [1.807, 2.05) is 21.6 Å². The molecule has 1 fully saturated rings. The number of nitriles is 1. The summed E-state index contributed by atoms with van der Waals surface area (Å²) in [5.41, 5.74) is 8.92. The van der Waals surface area contributed by atoms with E-state index < -0.39 is 12.2 Å². The lowest BCUT2D eigenvalue weighted by atomic mass is 10.1. The van der Waals surface area contributed by atoms with Crippen LogP contribution in [0.4, 0.5) is 10.3 Å². The molecule has 8 heteroatoms. The molecule has 1 aromatic carbocycles. The maximum absolute atomic E-state index is 13.8. The van der Waals surface area contributed by atoms with Gasteiger partial charge in [-0.15, -0.1) is 0 Å². The van der Waals surface area contributed by atoms with Crippen LogP contribution < -0.4 is 10.6 Å². The summed E-state index contributed by atoms with van der Waals surface area (Å²) in [5.74, 6) is 0.708. The monoisotopic (exact) mass is 384 g/mol. The molecule has 4 rings (SSSR count). The van der Waals surface area contributed by atoms with Crippen molar-refractivity contribution in [2.75, 3.05) is 18.0 Å². The fraction of sp³-hybridized carbons (Fsp3) is 0.316. The lowest BCUT2D eigenvalue weighted by Gasteiger charge is -2.34. The number of pyridine rings is 1. The zero-order valence-corrected chi connectivity index (χ0v) is 15.3. The van der Waals surface area contributed by atoms with Gasteiger partial charge in [-0.05, 0) is 36.8 Å². The molecule has 27 heavy (non-hydrogen) atoms. The molecule has 0 aliphatic carbocycles. The van der Waals surface area contributed by atoms with E-state index in [1.165, 1.54) is 0 Å². The van der Waals surface area contributed by atoms with Crippen molar-refractivity contribution in [3.05, 3.63) is 52.8 Å². The summed E-state index contributed by atoms with van der Waals surface area (Å²) in [6.45, 7) is 1.42. The number of hydrogen-bond donors (Lipinski definition) is 1. The molecule has 1 aliphatic rings. The lowest BCUT2D eigenvalue weighted by molar-refractivity contribution is 0.243. The van der Waals surface area contributed by atoms with E-state index in [9.17, 15) is 9.65 Å². The SMILES string of the molecule is N#Cc1ccc2c(c1)nc(N1CC[C@@H](F)[C@H](N)C1)n2Cc1ccc(Cl)cn1. The van der Waals surface area contributed by atoms with Gasteiger partial charge >= 0.3 is 0 Å². The van der Waals surface area contributed by atoms with E-state index in [4.69, 9.17) is 22.3 Å². The molecule has 2 aromatic heterocycles. The van der Waals surface area contributed by atoms with E-state index in [2.05, 4.69) is 11.1 Å². The number of hydrogen-bond acceptors (Lipinski definition) is 5. The topological polar surface area (TPSA) is 83.8 Å². The first-order valence-electron chi connectivity index (χ1n) is 8.70. The molecule has 0 bridgehead atoms. The number of benzene rings is 1. The first kappa shape index (κ1) is 17.7. The minimum atomic E-state index is -0.998. The number of halogens is 2. The van der Waals surface area contributed by atoms with Crippen LogP contribution in [-0.2, 0) is 6.54 Å². The molecular formula is C19H18ClFN6. The predicted octanol–water partition coefficient (Wildman–Crippen LogP) is 2.88. The molecule has 6 nitrogen and oxygen atoms in total. The number of anilines is 1. The van der Waals surface area contributed by atoms with E-state index in [0.29, 0.717) is 48.1 Å². The first-order valence-corrected chi connectivity index (χ1v) is 9.08. The van der Waals surface area contributed by atoms with Gasteiger partial charge in [0.1, 0.15) is 6.17 Å². The van der Waals surface area contributed by atoms with Crippen LogP contribution in [0.15, 0.2) is 36.5 Å². The standard InChI is InChI=1S/C19H18ClFN6/c20-13-2-3-14(24-9-13)10-27-18-4-1-12(8-22)7-17(18)25-19(27)26-6-5-15(21)16(23)11-26/h1-4,7,9,15-16H,5-6,10-11,23H2/t15-,16-/m1/s1. The van der Waals surface area contributed by atoms with Crippen molar-refractivity contribution in [3.63, 3.8) is 0 Å². The molecule has 138 valence electrons. The average molecular weight is 385 g/mol. The molecule has 2 N–H and O–H groups in total. The van der Waals surface area contributed by atoms with Crippen molar-refractivity contribution in [2.45, 2.75) is 25.2 Å². The highest BCUT2D eigenvalue weighted by molar-refractivity contribution is 6.30. The van der Waals surface area contributed by atoms with Crippen LogP contribution in [0.1, 0.15) is 17.7 Å². The Kier molecular flexibility index (Phi) is 4.68. The Labute approximate surface area is 161 Å². The first-order chi connectivity index (χ1) is 13.0. The maximum atomic E-state index is 13.8. The molecule has 3 heterocycles. The number of aromatic nitrogens is 3. The second-order valence-corrected chi connectivity index (χ2v) is 7.13. The van der Waals surface area contributed by atoms with Crippen molar-refractivity contribution in [1.29, 1.82) is 5.26 Å². The van der Waals surface area contributed by atoms with Gasteiger partial charge < -0.3 is 15.2 Å². The summed E-state index contributed by atoms with van der Waals surface area (Å²) in [5, 5.41) is 9.74. The summed E-state index contributed by atoms with van der Waals surface area (Å²) >= 11 is 5.93. The van der Waals surface area contributed by atoms with Crippen LogP contribution in [0.3, 0.4) is 0 Å². The highest BCUT2D eigenvalue weighted by Crippen LogP contribution is 2.27. The minimum Gasteiger partial charge on any atom is -0.340 e. The third-order valence-electron chi connectivity index (χ3n) is 4.82. The minimum absolute atomic E-state index is 0.368. The second-order valence-electron chi connectivity index (χ2n) is 6.70. The fourth-order valence-electron chi connectivity index (χ4n) is 3.38. The van der Waals surface area contributed by atoms with Gasteiger partial charge in [-0.25, -0.2) is 9.37 Å². The van der Waals surface area contributed by atoms with E-state index in [-0.39, 0.29) is 0 Å². The van der Waals surface area contributed by atoms with Crippen molar-refractivity contribution < 1.29 is 4.39 Å². The molecule has 1 aliphatic heterocycles. The van der Waals surface area contributed by atoms with Crippen LogP contribution in [0.5, 0.6) is 0 Å².